The summed E-state index contributed by atoms with van der Waals surface area (Å²) in [6.07, 6.45) is 0. The van der Waals surface area contributed by atoms with Gasteiger partial charge in [0, 0.05) is 26.3 Å². The van der Waals surface area contributed by atoms with Crippen molar-refractivity contribution >= 4 is 17.3 Å². The number of nitro groups is 1. The molecule has 0 fully saturated rings. The number of rotatable bonds is 6. The lowest BCUT2D eigenvalue weighted by Gasteiger charge is -2.06. The van der Waals surface area contributed by atoms with Crippen LogP contribution in [0.15, 0.2) is 18.2 Å². The number of nitrogens with zero attached hydrogens (tertiary/aromatic N) is 1. The molecule has 1 aromatic rings. The number of hydrogen-bond donors (Lipinski definition) is 1. The van der Waals surface area contributed by atoms with Crippen molar-refractivity contribution in [3.63, 3.8) is 0 Å². The van der Waals surface area contributed by atoms with E-state index in [1.807, 2.05) is 0 Å². The summed E-state index contributed by atoms with van der Waals surface area (Å²) in [5.74, 6) is 0. The van der Waals surface area contributed by atoms with Crippen LogP contribution in [-0.2, 0) is 11.3 Å². The molecule has 0 aromatic heterocycles. The zero-order valence-corrected chi connectivity index (χ0v) is 9.66. The summed E-state index contributed by atoms with van der Waals surface area (Å²) in [4.78, 5) is 10.3. The molecule has 0 saturated carbocycles. The summed E-state index contributed by atoms with van der Waals surface area (Å²) in [5, 5.41) is 14.2. The maximum atomic E-state index is 10.8. The predicted octanol–water partition coefficient (Wildman–Crippen LogP) is 1.98. The van der Waals surface area contributed by atoms with Gasteiger partial charge in [-0.3, -0.25) is 10.1 Å². The highest BCUT2D eigenvalue weighted by atomic mass is 35.5. The van der Waals surface area contributed by atoms with Gasteiger partial charge in [-0.2, -0.15) is 0 Å². The first-order valence-electron chi connectivity index (χ1n) is 4.78. The second-order valence-electron chi connectivity index (χ2n) is 3.16. The summed E-state index contributed by atoms with van der Waals surface area (Å²) in [5.41, 5.74) is 0.544. The third-order valence-electron chi connectivity index (χ3n) is 2.08. The first-order valence-corrected chi connectivity index (χ1v) is 5.16. The van der Waals surface area contributed by atoms with Crippen LogP contribution in [0.2, 0.25) is 5.02 Å². The van der Waals surface area contributed by atoms with Crippen LogP contribution >= 0.6 is 11.6 Å². The van der Waals surface area contributed by atoms with Crippen LogP contribution in [0.3, 0.4) is 0 Å². The van der Waals surface area contributed by atoms with E-state index in [2.05, 4.69) is 5.32 Å². The van der Waals surface area contributed by atoms with Crippen molar-refractivity contribution in [1.29, 1.82) is 0 Å². The van der Waals surface area contributed by atoms with E-state index in [-0.39, 0.29) is 5.69 Å². The van der Waals surface area contributed by atoms with Crippen LogP contribution in [0.5, 0.6) is 0 Å². The number of nitro benzene ring substituents is 1. The lowest BCUT2D eigenvalue weighted by Crippen LogP contribution is -2.19. The number of nitrogens with one attached hydrogen (secondary N) is 1. The topological polar surface area (TPSA) is 64.4 Å². The Balaban J connectivity index is 2.73. The molecule has 0 atom stereocenters. The average molecular weight is 245 g/mol. The van der Waals surface area contributed by atoms with Gasteiger partial charge < -0.3 is 10.1 Å². The molecular weight excluding hydrogens is 232 g/mol. The molecule has 0 aliphatic carbocycles. The van der Waals surface area contributed by atoms with Gasteiger partial charge in [0.1, 0.15) is 0 Å². The number of methoxy groups -OCH3 is 1. The van der Waals surface area contributed by atoms with Crippen molar-refractivity contribution < 1.29 is 9.66 Å². The molecule has 0 amide bonds. The first-order chi connectivity index (χ1) is 7.66. The van der Waals surface area contributed by atoms with E-state index in [0.29, 0.717) is 30.3 Å². The monoisotopic (exact) mass is 244 g/mol. The molecule has 88 valence electrons. The minimum absolute atomic E-state index is 0.0393. The molecule has 0 aliphatic heterocycles. The smallest absolute Gasteiger partial charge is 0.275 e. The fourth-order valence-corrected chi connectivity index (χ4v) is 1.52. The van der Waals surface area contributed by atoms with E-state index < -0.39 is 4.92 Å². The summed E-state index contributed by atoms with van der Waals surface area (Å²) >= 11 is 5.91. The van der Waals surface area contributed by atoms with Gasteiger partial charge in [-0.05, 0) is 6.07 Å². The quantitative estimate of drug-likeness (QED) is 0.472. The van der Waals surface area contributed by atoms with Gasteiger partial charge in [0.05, 0.1) is 22.1 Å². The minimum Gasteiger partial charge on any atom is -0.383 e. The molecule has 1 N–H and O–H groups in total. The van der Waals surface area contributed by atoms with Crippen LogP contribution in [0.1, 0.15) is 5.56 Å². The maximum absolute atomic E-state index is 10.8. The highest BCUT2D eigenvalue weighted by Crippen LogP contribution is 2.25. The average Bonchev–Trinajstić information content (AvgIpc) is 2.25. The molecular formula is C10H13ClN2O3. The van der Waals surface area contributed by atoms with Crippen molar-refractivity contribution in [1.82, 2.24) is 5.32 Å². The second-order valence-corrected chi connectivity index (χ2v) is 3.57. The largest absolute Gasteiger partial charge is 0.383 e. The number of benzene rings is 1. The van der Waals surface area contributed by atoms with Gasteiger partial charge in [0.25, 0.3) is 5.69 Å². The van der Waals surface area contributed by atoms with Gasteiger partial charge >= 0.3 is 0 Å². The van der Waals surface area contributed by atoms with Crippen LogP contribution in [-0.4, -0.2) is 25.2 Å². The van der Waals surface area contributed by atoms with E-state index in [1.165, 1.54) is 6.07 Å². The molecule has 1 aromatic carbocycles. The number of hydrogen-bond acceptors (Lipinski definition) is 4. The molecule has 0 heterocycles. The number of ether oxygens (including phenoxy) is 1. The predicted molar refractivity (Wildman–Crippen MR) is 61.7 cm³/mol. The Hall–Kier alpha value is -1.17. The van der Waals surface area contributed by atoms with Crippen LogP contribution in [0.25, 0.3) is 0 Å². The third-order valence-corrected chi connectivity index (χ3v) is 2.43. The molecule has 0 spiro atoms. The molecule has 6 heteroatoms. The van der Waals surface area contributed by atoms with Crippen molar-refractivity contribution in [2.45, 2.75) is 6.54 Å². The highest BCUT2D eigenvalue weighted by Gasteiger charge is 2.15. The second kappa shape index (κ2) is 6.42. The fourth-order valence-electron chi connectivity index (χ4n) is 1.28. The van der Waals surface area contributed by atoms with Gasteiger partial charge in [0.2, 0.25) is 0 Å². The SMILES string of the molecule is COCCNCc1c(Cl)cccc1[N+](=O)[O-]. The first kappa shape index (κ1) is 12.9. The van der Waals surface area contributed by atoms with Crippen molar-refractivity contribution in [3.05, 3.63) is 38.9 Å². The van der Waals surface area contributed by atoms with E-state index in [4.69, 9.17) is 16.3 Å². The van der Waals surface area contributed by atoms with Crippen LogP contribution in [0, 0.1) is 10.1 Å². The Bertz CT molecular complexity index is 371. The maximum Gasteiger partial charge on any atom is 0.275 e. The fraction of sp³-hybridized carbons (Fsp3) is 0.400. The van der Waals surface area contributed by atoms with Gasteiger partial charge in [-0.25, -0.2) is 0 Å². The Morgan fingerprint density at radius 1 is 1.56 bits per heavy atom. The van der Waals surface area contributed by atoms with Crippen molar-refractivity contribution in [2.75, 3.05) is 20.3 Å². The van der Waals surface area contributed by atoms with Crippen LogP contribution < -0.4 is 5.32 Å². The molecule has 5 nitrogen and oxygen atoms in total. The molecule has 0 aliphatic rings. The Labute approximate surface area is 98.5 Å². The normalized spacial score (nSPS) is 10.4. The van der Waals surface area contributed by atoms with E-state index in [9.17, 15) is 10.1 Å². The molecule has 16 heavy (non-hydrogen) atoms. The zero-order valence-electron chi connectivity index (χ0n) is 8.90. The third kappa shape index (κ3) is 3.44. The summed E-state index contributed by atoms with van der Waals surface area (Å²) in [7, 11) is 1.60. The summed E-state index contributed by atoms with van der Waals surface area (Å²) in [6.45, 7) is 1.54. The highest BCUT2D eigenvalue weighted by molar-refractivity contribution is 6.31. The van der Waals surface area contributed by atoms with Crippen molar-refractivity contribution in [2.24, 2.45) is 0 Å². The number of halogens is 1. The molecule has 0 unspecified atom stereocenters. The van der Waals surface area contributed by atoms with Gasteiger partial charge in [-0.15, -0.1) is 0 Å². The summed E-state index contributed by atoms with van der Waals surface area (Å²) in [6, 6.07) is 4.65. The van der Waals surface area contributed by atoms with Crippen molar-refractivity contribution in [3.8, 4) is 0 Å². The van der Waals surface area contributed by atoms with Gasteiger partial charge in [0.15, 0.2) is 0 Å². The molecule has 0 bridgehead atoms. The Morgan fingerprint density at radius 3 is 2.94 bits per heavy atom. The van der Waals surface area contributed by atoms with Crippen LogP contribution in [0.4, 0.5) is 5.69 Å². The minimum atomic E-state index is -0.431. The van der Waals surface area contributed by atoms with E-state index in [1.54, 1.807) is 19.2 Å². The zero-order chi connectivity index (χ0) is 12.0. The molecule has 1 rings (SSSR count). The lowest BCUT2D eigenvalue weighted by molar-refractivity contribution is -0.385. The lowest BCUT2D eigenvalue weighted by atomic mass is 10.2. The van der Waals surface area contributed by atoms with E-state index in [0.717, 1.165) is 0 Å². The molecule has 0 radical (unpaired) electrons. The Kier molecular flexibility index (Phi) is 5.18. The summed E-state index contributed by atoms with van der Waals surface area (Å²) < 4.78 is 4.86. The standard InChI is InChI=1S/C10H13ClN2O3/c1-16-6-5-12-7-8-9(11)3-2-4-10(8)13(14)15/h2-4,12H,5-7H2,1H3. The van der Waals surface area contributed by atoms with E-state index >= 15 is 0 Å². The Morgan fingerprint density at radius 2 is 2.31 bits per heavy atom. The van der Waals surface area contributed by atoms with Gasteiger partial charge in [-0.1, -0.05) is 17.7 Å². The molecule has 0 saturated heterocycles.